The van der Waals surface area contributed by atoms with Crippen molar-refractivity contribution in [3.8, 4) is 0 Å². The average molecular weight is 350 g/mol. The number of hydrogen-bond donors (Lipinski definition) is 2. The third-order valence-corrected chi connectivity index (χ3v) is 4.16. The Hall–Kier alpha value is -3.21. The van der Waals surface area contributed by atoms with Crippen LogP contribution in [0, 0.1) is 12.7 Å². The van der Waals surface area contributed by atoms with Crippen LogP contribution < -0.4 is 10.6 Å². The zero-order valence-electron chi connectivity index (χ0n) is 14.4. The van der Waals surface area contributed by atoms with E-state index in [2.05, 4.69) is 10.6 Å². The van der Waals surface area contributed by atoms with Crippen LogP contribution in [0.15, 0.2) is 60.7 Å². The molecule has 0 heterocycles. The fourth-order valence-corrected chi connectivity index (χ4v) is 2.71. The lowest BCUT2D eigenvalue weighted by molar-refractivity contribution is 0.0928. The maximum Gasteiger partial charge on any atom is 0.251 e. The number of benzene rings is 3. The number of rotatable bonds is 5. The highest BCUT2D eigenvalue weighted by Gasteiger charge is 2.10. The second kappa shape index (κ2) is 7.78. The van der Waals surface area contributed by atoms with Crippen LogP contribution >= 0.6 is 0 Å². The molecule has 0 aliphatic heterocycles. The van der Waals surface area contributed by atoms with Gasteiger partial charge in [-0.1, -0.05) is 42.5 Å². The van der Waals surface area contributed by atoms with Crippen molar-refractivity contribution < 1.29 is 14.0 Å². The third-order valence-electron chi connectivity index (χ3n) is 4.16. The molecular weight excluding hydrogens is 331 g/mol. The molecule has 5 heteroatoms. The van der Waals surface area contributed by atoms with Crippen molar-refractivity contribution in [1.82, 2.24) is 10.6 Å². The molecule has 4 nitrogen and oxygen atoms in total. The van der Waals surface area contributed by atoms with Crippen LogP contribution in [0.5, 0.6) is 0 Å². The highest BCUT2D eigenvalue weighted by molar-refractivity contribution is 6.07. The average Bonchev–Trinajstić information content (AvgIpc) is 2.66. The normalized spacial score (nSPS) is 10.5. The Morgan fingerprint density at radius 2 is 1.58 bits per heavy atom. The molecule has 0 aromatic heterocycles. The van der Waals surface area contributed by atoms with E-state index >= 15 is 0 Å². The van der Waals surface area contributed by atoms with Crippen LogP contribution in [0.2, 0.25) is 0 Å². The fraction of sp³-hybridized carbons (Fsp3) is 0.143. The van der Waals surface area contributed by atoms with Gasteiger partial charge in [-0.05, 0) is 41.5 Å². The third kappa shape index (κ3) is 3.88. The SMILES string of the molecule is Cc1ccc(C(=O)NCCNC(=O)c2cccc3ccccc23)cc1F. The minimum Gasteiger partial charge on any atom is -0.350 e. The predicted octanol–water partition coefficient (Wildman–Crippen LogP) is 3.45. The Kier molecular flexibility index (Phi) is 5.27. The van der Waals surface area contributed by atoms with Crippen LogP contribution in [0.25, 0.3) is 10.8 Å². The summed E-state index contributed by atoms with van der Waals surface area (Å²) in [5, 5.41) is 7.34. The van der Waals surface area contributed by atoms with E-state index in [0.29, 0.717) is 11.1 Å². The first-order valence-electron chi connectivity index (χ1n) is 8.36. The topological polar surface area (TPSA) is 58.2 Å². The van der Waals surface area contributed by atoms with Crippen molar-refractivity contribution in [2.75, 3.05) is 13.1 Å². The Morgan fingerprint density at radius 3 is 2.35 bits per heavy atom. The lowest BCUT2D eigenvalue weighted by Gasteiger charge is -2.09. The maximum absolute atomic E-state index is 13.5. The number of halogens is 1. The summed E-state index contributed by atoms with van der Waals surface area (Å²) in [6.07, 6.45) is 0. The minimum atomic E-state index is -0.415. The van der Waals surface area contributed by atoms with Gasteiger partial charge >= 0.3 is 0 Å². The molecule has 0 saturated heterocycles. The lowest BCUT2D eigenvalue weighted by atomic mass is 10.0. The van der Waals surface area contributed by atoms with Crippen molar-refractivity contribution in [3.63, 3.8) is 0 Å². The molecule has 26 heavy (non-hydrogen) atoms. The van der Waals surface area contributed by atoms with E-state index in [4.69, 9.17) is 0 Å². The zero-order valence-corrected chi connectivity index (χ0v) is 14.4. The Bertz CT molecular complexity index is 964. The van der Waals surface area contributed by atoms with Crippen LogP contribution in [0.3, 0.4) is 0 Å². The quantitative estimate of drug-likeness (QED) is 0.693. The second-order valence-corrected chi connectivity index (χ2v) is 6.00. The van der Waals surface area contributed by atoms with E-state index in [1.54, 1.807) is 25.1 Å². The highest BCUT2D eigenvalue weighted by Crippen LogP contribution is 2.18. The summed E-state index contributed by atoms with van der Waals surface area (Å²) in [6, 6.07) is 17.6. The van der Waals surface area contributed by atoms with Gasteiger partial charge in [0.05, 0.1) is 0 Å². The van der Waals surface area contributed by atoms with Gasteiger partial charge in [0.1, 0.15) is 5.82 Å². The molecule has 0 atom stereocenters. The monoisotopic (exact) mass is 350 g/mol. The molecule has 0 aliphatic rings. The second-order valence-electron chi connectivity index (χ2n) is 6.00. The minimum absolute atomic E-state index is 0.197. The highest BCUT2D eigenvalue weighted by atomic mass is 19.1. The number of aryl methyl sites for hydroxylation is 1. The first-order valence-corrected chi connectivity index (χ1v) is 8.36. The summed E-state index contributed by atoms with van der Waals surface area (Å²) < 4.78 is 13.5. The Labute approximate surface area is 151 Å². The summed E-state index contributed by atoms with van der Waals surface area (Å²) in [4.78, 5) is 24.4. The molecule has 3 aromatic carbocycles. The number of carbonyl (C=O) groups is 2. The van der Waals surface area contributed by atoms with Crippen LogP contribution in [-0.4, -0.2) is 24.9 Å². The van der Waals surface area contributed by atoms with Gasteiger partial charge in [-0.15, -0.1) is 0 Å². The number of amides is 2. The summed E-state index contributed by atoms with van der Waals surface area (Å²) in [5.41, 5.74) is 1.34. The predicted molar refractivity (Wildman–Crippen MR) is 99.8 cm³/mol. The van der Waals surface area contributed by atoms with E-state index in [9.17, 15) is 14.0 Å². The first-order chi connectivity index (χ1) is 12.6. The number of carbonyl (C=O) groups excluding carboxylic acids is 2. The molecule has 2 N–H and O–H groups in total. The summed E-state index contributed by atoms with van der Waals surface area (Å²) in [7, 11) is 0. The van der Waals surface area contributed by atoms with Crippen molar-refractivity contribution in [1.29, 1.82) is 0 Å². The lowest BCUT2D eigenvalue weighted by Crippen LogP contribution is -2.34. The summed E-state index contributed by atoms with van der Waals surface area (Å²) >= 11 is 0. The Balaban J connectivity index is 1.55. The van der Waals surface area contributed by atoms with Gasteiger partial charge in [0.15, 0.2) is 0 Å². The zero-order chi connectivity index (χ0) is 18.5. The molecule has 0 radical (unpaired) electrons. The molecule has 3 aromatic rings. The largest absolute Gasteiger partial charge is 0.350 e. The van der Waals surface area contributed by atoms with Crippen LogP contribution in [0.1, 0.15) is 26.3 Å². The van der Waals surface area contributed by atoms with Gasteiger partial charge in [-0.3, -0.25) is 9.59 Å². The van der Waals surface area contributed by atoms with Gasteiger partial charge in [0.25, 0.3) is 11.8 Å². The van der Waals surface area contributed by atoms with Crippen LogP contribution in [-0.2, 0) is 0 Å². The number of hydrogen-bond acceptors (Lipinski definition) is 2. The molecule has 0 spiro atoms. The molecule has 132 valence electrons. The van der Waals surface area contributed by atoms with Gasteiger partial charge in [0.2, 0.25) is 0 Å². The smallest absolute Gasteiger partial charge is 0.251 e. The fourth-order valence-electron chi connectivity index (χ4n) is 2.71. The van der Waals surface area contributed by atoms with Gasteiger partial charge < -0.3 is 10.6 Å². The molecule has 2 amide bonds. The van der Waals surface area contributed by atoms with E-state index in [-0.39, 0.29) is 30.5 Å². The maximum atomic E-state index is 13.5. The van der Waals surface area contributed by atoms with Crippen molar-refractivity contribution in [3.05, 3.63) is 83.2 Å². The standard InChI is InChI=1S/C21H19FN2O2/c1-14-9-10-16(13-19(14)22)20(25)23-11-12-24-21(26)18-8-4-6-15-5-2-3-7-17(15)18/h2-10,13H,11-12H2,1H3,(H,23,25)(H,24,26). The molecule has 0 saturated carbocycles. The van der Waals surface area contributed by atoms with E-state index < -0.39 is 5.82 Å². The van der Waals surface area contributed by atoms with Gasteiger partial charge in [-0.2, -0.15) is 0 Å². The van der Waals surface area contributed by atoms with Gasteiger partial charge in [-0.25, -0.2) is 4.39 Å². The van der Waals surface area contributed by atoms with E-state index in [0.717, 1.165) is 10.8 Å². The summed E-state index contributed by atoms with van der Waals surface area (Å²) in [6.45, 7) is 2.17. The van der Waals surface area contributed by atoms with Crippen molar-refractivity contribution >= 4 is 22.6 Å². The summed E-state index contributed by atoms with van der Waals surface area (Å²) in [5.74, 6) is -0.984. The molecule has 3 rings (SSSR count). The van der Waals surface area contributed by atoms with Crippen LogP contribution in [0.4, 0.5) is 4.39 Å². The molecule has 0 aliphatic carbocycles. The van der Waals surface area contributed by atoms with Crippen molar-refractivity contribution in [2.24, 2.45) is 0 Å². The number of nitrogens with one attached hydrogen (secondary N) is 2. The number of fused-ring (bicyclic) bond motifs is 1. The first kappa shape index (κ1) is 17.6. The molecule has 0 unspecified atom stereocenters. The van der Waals surface area contributed by atoms with E-state index in [1.165, 1.54) is 6.07 Å². The Morgan fingerprint density at radius 1 is 0.885 bits per heavy atom. The van der Waals surface area contributed by atoms with E-state index in [1.807, 2.05) is 36.4 Å². The van der Waals surface area contributed by atoms with Crippen molar-refractivity contribution in [2.45, 2.75) is 6.92 Å². The molecule has 0 bridgehead atoms. The molecular formula is C21H19FN2O2. The van der Waals surface area contributed by atoms with Gasteiger partial charge in [0, 0.05) is 24.2 Å². The molecule has 0 fully saturated rings.